The second-order valence-corrected chi connectivity index (χ2v) is 6.82. The summed E-state index contributed by atoms with van der Waals surface area (Å²) in [5.41, 5.74) is 3.03. The topological polar surface area (TPSA) is 81.7 Å². The molecule has 0 aromatic heterocycles. The van der Waals surface area contributed by atoms with Crippen LogP contribution in [0, 0.1) is 6.92 Å². The first-order chi connectivity index (χ1) is 13.0. The Morgan fingerprint density at radius 3 is 2.56 bits per heavy atom. The van der Waals surface area contributed by atoms with Crippen molar-refractivity contribution in [3.05, 3.63) is 65.7 Å². The molecule has 6 nitrogen and oxygen atoms in total. The SMILES string of the molecule is Cc1ccccc1CCNC(=O)[C@@H]1C[C@H](O)CN1C(=O)Nc1ccccc1. The maximum absolute atomic E-state index is 12.6. The van der Waals surface area contributed by atoms with Crippen LogP contribution in [0.4, 0.5) is 10.5 Å². The standard InChI is InChI=1S/C21H25N3O3/c1-15-7-5-6-8-16(15)11-12-22-20(26)19-13-18(25)14-24(19)21(27)23-17-9-3-2-4-10-17/h2-10,18-19,25H,11-14H2,1H3,(H,22,26)(H,23,27)/t18-,19-/m0/s1. The van der Waals surface area contributed by atoms with Crippen molar-refractivity contribution in [1.82, 2.24) is 10.2 Å². The Morgan fingerprint density at radius 1 is 1.11 bits per heavy atom. The molecule has 2 atom stereocenters. The molecule has 3 rings (SSSR count). The van der Waals surface area contributed by atoms with Gasteiger partial charge in [-0.05, 0) is 36.6 Å². The number of nitrogens with one attached hydrogen (secondary N) is 2. The minimum Gasteiger partial charge on any atom is -0.391 e. The number of carbonyl (C=O) groups excluding carboxylic acids is 2. The van der Waals surface area contributed by atoms with Gasteiger partial charge in [-0.25, -0.2) is 4.79 Å². The van der Waals surface area contributed by atoms with E-state index in [9.17, 15) is 14.7 Å². The molecule has 3 amide bonds. The van der Waals surface area contributed by atoms with Gasteiger partial charge >= 0.3 is 6.03 Å². The van der Waals surface area contributed by atoms with Crippen molar-refractivity contribution in [3.63, 3.8) is 0 Å². The predicted molar refractivity (Wildman–Crippen MR) is 104 cm³/mol. The molecular formula is C21H25N3O3. The molecule has 2 aromatic carbocycles. The molecule has 0 aliphatic carbocycles. The van der Waals surface area contributed by atoms with Crippen LogP contribution in [-0.2, 0) is 11.2 Å². The van der Waals surface area contributed by atoms with Gasteiger partial charge in [0.1, 0.15) is 6.04 Å². The lowest BCUT2D eigenvalue weighted by Gasteiger charge is -2.24. The third-order valence-electron chi connectivity index (χ3n) is 4.82. The highest BCUT2D eigenvalue weighted by atomic mass is 16.3. The molecule has 6 heteroatoms. The van der Waals surface area contributed by atoms with E-state index in [1.165, 1.54) is 16.0 Å². The van der Waals surface area contributed by atoms with Crippen LogP contribution in [0.1, 0.15) is 17.5 Å². The maximum Gasteiger partial charge on any atom is 0.322 e. The molecule has 0 saturated carbocycles. The molecule has 0 unspecified atom stereocenters. The van der Waals surface area contributed by atoms with Crippen molar-refractivity contribution >= 4 is 17.6 Å². The number of amides is 3. The van der Waals surface area contributed by atoms with E-state index >= 15 is 0 Å². The summed E-state index contributed by atoms with van der Waals surface area (Å²) in [5, 5.41) is 15.6. The number of carbonyl (C=O) groups is 2. The first kappa shape index (κ1) is 18.9. The molecule has 0 spiro atoms. The molecule has 0 radical (unpaired) electrons. The number of aliphatic hydroxyl groups is 1. The number of likely N-dealkylation sites (tertiary alicyclic amines) is 1. The first-order valence-electron chi connectivity index (χ1n) is 9.17. The van der Waals surface area contributed by atoms with Crippen LogP contribution in [0.2, 0.25) is 0 Å². The summed E-state index contributed by atoms with van der Waals surface area (Å²) in [6.45, 7) is 2.68. The summed E-state index contributed by atoms with van der Waals surface area (Å²) in [5.74, 6) is -0.233. The molecule has 0 bridgehead atoms. The summed E-state index contributed by atoms with van der Waals surface area (Å²) in [4.78, 5) is 26.5. The van der Waals surface area contributed by atoms with Crippen LogP contribution in [0.25, 0.3) is 0 Å². The van der Waals surface area contributed by atoms with Gasteiger partial charge in [-0.1, -0.05) is 42.5 Å². The summed E-state index contributed by atoms with van der Waals surface area (Å²) >= 11 is 0. The van der Waals surface area contributed by atoms with Crippen LogP contribution in [-0.4, -0.2) is 47.2 Å². The Labute approximate surface area is 159 Å². The number of hydrogen-bond acceptors (Lipinski definition) is 3. The maximum atomic E-state index is 12.6. The molecule has 27 heavy (non-hydrogen) atoms. The van der Waals surface area contributed by atoms with E-state index in [1.54, 1.807) is 12.1 Å². The number of para-hydroxylation sites is 1. The van der Waals surface area contributed by atoms with Crippen LogP contribution >= 0.6 is 0 Å². The number of benzene rings is 2. The highest BCUT2D eigenvalue weighted by molar-refractivity contribution is 5.94. The first-order valence-corrected chi connectivity index (χ1v) is 9.17. The average Bonchev–Trinajstić information content (AvgIpc) is 3.06. The fraction of sp³-hybridized carbons (Fsp3) is 0.333. The van der Waals surface area contributed by atoms with E-state index in [2.05, 4.69) is 10.6 Å². The Morgan fingerprint density at radius 2 is 1.81 bits per heavy atom. The van der Waals surface area contributed by atoms with Crippen LogP contribution in [0.15, 0.2) is 54.6 Å². The number of aryl methyl sites for hydroxylation is 1. The number of anilines is 1. The third-order valence-corrected chi connectivity index (χ3v) is 4.82. The number of aliphatic hydroxyl groups excluding tert-OH is 1. The molecule has 1 fully saturated rings. The van der Waals surface area contributed by atoms with E-state index in [1.807, 2.05) is 49.4 Å². The minimum atomic E-state index is -0.696. The zero-order valence-corrected chi connectivity index (χ0v) is 15.4. The quantitative estimate of drug-likeness (QED) is 0.759. The van der Waals surface area contributed by atoms with Crippen molar-refractivity contribution < 1.29 is 14.7 Å². The summed E-state index contributed by atoms with van der Waals surface area (Å²) in [6.07, 6.45) is 0.279. The second-order valence-electron chi connectivity index (χ2n) is 6.82. The van der Waals surface area contributed by atoms with Gasteiger partial charge in [0.15, 0.2) is 0 Å². The zero-order valence-electron chi connectivity index (χ0n) is 15.4. The number of rotatable bonds is 5. The molecule has 3 N–H and O–H groups in total. The highest BCUT2D eigenvalue weighted by Gasteiger charge is 2.38. The lowest BCUT2D eigenvalue weighted by molar-refractivity contribution is -0.124. The number of urea groups is 1. The monoisotopic (exact) mass is 367 g/mol. The van der Waals surface area contributed by atoms with Gasteiger partial charge in [-0.15, -0.1) is 0 Å². The largest absolute Gasteiger partial charge is 0.391 e. The minimum absolute atomic E-state index is 0.147. The van der Waals surface area contributed by atoms with Crippen LogP contribution in [0.3, 0.4) is 0 Å². The molecule has 1 heterocycles. The zero-order chi connectivity index (χ0) is 19.2. The fourth-order valence-corrected chi connectivity index (χ4v) is 3.33. The van der Waals surface area contributed by atoms with E-state index in [-0.39, 0.29) is 24.9 Å². The number of hydrogen-bond donors (Lipinski definition) is 3. The van der Waals surface area contributed by atoms with Gasteiger partial charge in [-0.3, -0.25) is 4.79 Å². The summed E-state index contributed by atoms with van der Waals surface area (Å²) in [6, 6.07) is 16.1. The lowest BCUT2D eigenvalue weighted by Crippen LogP contribution is -2.47. The van der Waals surface area contributed by atoms with Crippen molar-refractivity contribution in [2.24, 2.45) is 0 Å². The fourth-order valence-electron chi connectivity index (χ4n) is 3.33. The van der Waals surface area contributed by atoms with Gasteiger partial charge < -0.3 is 20.6 Å². The molecule has 1 saturated heterocycles. The molecule has 142 valence electrons. The van der Waals surface area contributed by atoms with E-state index in [0.29, 0.717) is 12.2 Å². The Kier molecular flexibility index (Phi) is 6.08. The van der Waals surface area contributed by atoms with Gasteiger partial charge in [0, 0.05) is 25.2 Å². The van der Waals surface area contributed by atoms with Crippen molar-refractivity contribution in [2.75, 3.05) is 18.4 Å². The molecule has 2 aromatic rings. The summed E-state index contributed by atoms with van der Waals surface area (Å²) < 4.78 is 0. The van der Waals surface area contributed by atoms with Gasteiger partial charge in [0.25, 0.3) is 0 Å². The van der Waals surface area contributed by atoms with E-state index in [4.69, 9.17) is 0 Å². The van der Waals surface area contributed by atoms with Crippen molar-refractivity contribution in [2.45, 2.75) is 31.9 Å². The smallest absolute Gasteiger partial charge is 0.322 e. The van der Waals surface area contributed by atoms with Crippen LogP contribution in [0.5, 0.6) is 0 Å². The van der Waals surface area contributed by atoms with Crippen molar-refractivity contribution in [1.29, 1.82) is 0 Å². The van der Waals surface area contributed by atoms with E-state index in [0.717, 1.165) is 6.42 Å². The van der Waals surface area contributed by atoms with E-state index < -0.39 is 12.1 Å². The summed E-state index contributed by atoms with van der Waals surface area (Å²) in [7, 11) is 0. The third kappa shape index (κ3) is 4.86. The number of nitrogens with zero attached hydrogens (tertiary/aromatic N) is 1. The van der Waals surface area contributed by atoms with Gasteiger partial charge in [-0.2, -0.15) is 0 Å². The van der Waals surface area contributed by atoms with Crippen LogP contribution < -0.4 is 10.6 Å². The van der Waals surface area contributed by atoms with Crippen molar-refractivity contribution in [3.8, 4) is 0 Å². The second kappa shape index (κ2) is 8.68. The molecular weight excluding hydrogens is 342 g/mol. The van der Waals surface area contributed by atoms with Gasteiger partial charge in [0.2, 0.25) is 5.91 Å². The Hall–Kier alpha value is -2.86. The molecule has 1 aliphatic heterocycles. The lowest BCUT2D eigenvalue weighted by atomic mass is 10.1. The molecule has 1 aliphatic rings. The predicted octanol–water partition coefficient (Wildman–Crippen LogP) is 2.32. The van der Waals surface area contributed by atoms with Gasteiger partial charge in [0.05, 0.1) is 6.10 Å². The Balaban J connectivity index is 1.57. The highest BCUT2D eigenvalue weighted by Crippen LogP contribution is 2.20. The normalized spacial score (nSPS) is 19.0. The average molecular weight is 367 g/mol. The number of β-amino-alcohol motifs (C(OH)–C–C–N with tert-alkyl or cyclic N) is 1. The Bertz CT molecular complexity index is 794.